The fraction of sp³-hybridized carbons (Fsp3) is 0.600. The molecular formula is C10H15NO3. The van der Waals surface area contributed by atoms with E-state index < -0.39 is 11.6 Å². The summed E-state index contributed by atoms with van der Waals surface area (Å²) in [6.45, 7) is 5.03. The third kappa shape index (κ3) is 1.85. The summed E-state index contributed by atoms with van der Waals surface area (Å²) in [7, 11) is 0. The van der Waals surface area contributed by atoms with E-state index in [1.54, 1.807) is 13.8 Å². The van der Waals surface area contributed by atoms with E-state index in [1.807, 2.05) is 6.92 Å². The summed E-state index contributed by atoms with van der Waals surface area (Å²) in [4.78, 5) is 23.8. The van der Waals surface area contributed by atoms with Crippen LogP contribution in [0.25, 0.3) is 0 Å². The second-order valence-electron chi connectivity index (χ2n) is 3.96. The number of hydrogen-bond donors (Lipinski definition) is 1. The van der Waals surface area contributed by atoms with E-state index in [4.69, 9.17) is 0 Å². The third-order valence-electron chi connectivity index (χ3n) is 2.36. The van der Waals surface area contributed by atoms with E-state index in [-0.39, 0.29) is 11.8 Å². The van der Waals surface area contributed by atoms with Gasteiger partial charge in [0.05, 0.1) is 11.6 Å². The lowest BCUT2D eigenvalue weighted by molar-refractivity contribution is -0.145. The van der Waals surface area contributed by atoms with Crippen LogP contribution in [0.3, 0.4) is 0 Å². The van der Waals surface area contributed by atoms with Gasteiger partial charge in [0.1, 0.15) is 0 Å². The summed E-state index contributed by atoms with van der Waals surface area (Å²) in [5, 5.41) is 9.80. The Labute approximate surface area is 83.2 Å². The van der Waals surface area contributed by atoms with Crippen LogP contribution in [0.15, 0.2) is 12.2 Å². The van der Waals surface area contributed by atoms with Crippen LogP contribution >= 0.6 is 0 Å². The zero-order valence-electron chi connectivity index (χ0n) is 8.65. The van der Waals surface area contributed by atoms with Crippen molar-refractivity contribution < 1.29 is 14.7 Å². The highest BCUT2D eigenvalue weighted by molar-refractivity contribution is 6.13. The van der Waals surface area contributed by atoms with Crippen LogP contribution in [0, 0.1) is 0 Å². The Balaban J connectivity index is 2.91. The number of rotatable bonds is 3. The number of imide groups is 1. The first-order valence-corrected chi connectivity index (χ1v) is 4.65. The highest BCUT2D eigenvalue weighted by Gasteiger charge is 2.38. The second kappa shape index (κ2) is 3.53. The van der Waals surface area contributed by atoms with E-state index in [9.17, 15) is 14.7 Å². The molecule has 0 radical (unpaired) electrons. The molecular weight excluding hydrogens is 182 g/mol. The van der Waals surface area contributed by atoms with Crippen molar-refractivity contribution in [3.8, 4) is 0 Å². The van der Waals surface area contributed by atoms with Gasteiger partial charge < -0.3 is 5.11 Å². The van der Waals surface area contributed by atoms with Gasteiger partial charge in [-0.3, -0.25) is 14.5 Å². The highest BCUT2D eigenvalue weighted by atomic mass is 16.3. The summed E-state index contributed by atoms with van der Waals surface area (Å²) < 4.78 is 0. The fourth-order valence-corrected chi connectivity index (χ4v) is 1.72. The average molecular weight is 197 g/mol. The second-order valence-corrected chi connectivity index (χ2v) is 3.96. The molecule has 1 aliphatic heterocycles. The maximum Gasteiger partial charge on any atom is 0.253 e. The lowest BCUT2D eigenvalue weighted by Gasteiger charge is -2.34. The Kier molecular flexibility index (Phi) is 2.76. The summed E-state index contributed by atoms with van der Waals surface area (Å²) in [5.41, 5.74) is -1.06. The lowest BCUT2D eigenvalue weighted by Crippen LogP contribution is -2.51. The average Bonchev–Trinajstić information content (AvgIpc) is 2.34. The predicted octanol–water partition coefficient (Wildman–Crippen LogP) is 0.461. The van der Waals surface area contributed by atoms with Crippen LogP contribution in [0.1, 0.15) is 27.2 Å². The summed E-state index contributed by atoms with van der Waals surface area (Å²) in [5.74, 6) is -0.687. The van der Waals surface area contributed by atoms with Gasteiger partial charge in [-0.1, -0.05) is 6.92 Å². The van der Waals surface area contributed by atoms with Gasteiger partial charge in [0.15, 0.2) is 0 Å². The first-order valence-electron chi connectivity index (χ1n) is 4.65. The largest absolute Gasteiger partial charge is 0.388 e. The Morgan fingerprint density at radius 2 is 1.79 bits per heavy atom. The van der Waals surface area contributed by atoms with Gasteiger partial charge in [-0.2, -0.15) is 0 Å². The van der Waals surface area contributed by atoms with Crippen molar-refractivity contribution in [2.75, 3.05) is 0 Å². The van der Waals surface area contributed by atoms with Gasteiger partial charge >= 0.3 is 0 Å². The van der Waals surface area contributed by atoms with Gasteiger partial charge in [-0.15, -0.1) is 0 Å². The number of carbonyl (C=O) groups is 2. The quantitative estimate of drug-likeness (QED) is 0.669. The summed E-state index contributed by atoms with van der Waals surface area (Å²) in [6, 6.07) is -0.461. The molecule has 1 heterocycles. The molecule has 1 N–H and O–H groups in total. The SMILES string of the molecule is CCC(N1C(=O)C=CC1=O)C(C)(C)O. The topological polar surface area (TPSA) is 57.6 Å². The van der Waals surface area contributed by atoms with Crippen molar-refractivity contribution >= 4 is 11.8 Å². The number of amides is 2. The molecule has 1 rings (SSSR count). The maximum absolute atomic E-state index is 11.3. The lowest BCUT2D eigenvalue weighted by atomic mass is 9.95. The minimum absolute atomic E-state index is 0.344. The van der Waals surface area contributed by atoms with Crippen LogP contribution in [0.2, 0.25) is 0 Å². The molecule has 0 spiro atoms. The minimum Gasteiger partial charge on any atom is -0.388 e. The van der Waals surface area contributed by atoms with Crippen molar-refractivity contribution in [3.63, 3.8) is 0 Å². The van der Waals surface area contributed by atoms with Gasteiger partial charge in [0, 0.05) is 12.2 Å². The first kappa shape index (κ1) is 10.9. The van der Waals surface area contributed by atoms with E-state index in [1.165, 1.54) is 12.2 Å². The molecule has 1 unspecified atom stereocenters. The standard InChI is InChI=1S/C10H15NO3/c1-4-7(10(2,3)14)11-8(12)5-6-9(11)13/h5-7,14H,4H2,1-3H3. The van der Waals surface area contributed by atoms with Crippen LogP contribution < -0.4 is 0 Å². The van der Waals surface area contributed by atoms with Crippen LogP contribution in [0.4, 0.5) is 0 Å². The smallest absolute Gasteiger partial charge is 0.253 e. The van der Waals surface area contributed by atoms with Crippen molar-refractivity contribution in [2.45, 2.75) is 38.8 Å². The Hall–Kier alpha value is -1.16. The fourth-order valence-electron chi connectivity index (χ4n) is 1.72. The van der Waals surface area contributed by atoms with Crippen molar-refractivity contribution in [2.24, 2.45) is 0 Å². The zero-order valence-corrected chi connectivity index (χ0v) is 8.65. The number of nitrogens with zero attached hydrogens (tertiary/aromatic N) is 1. The molecule has 0 fully saturated rings. The van der Waals surface area contributed by atoms with Crippen molar-refractivity contribution in [1.29, 1.82) is 0 Å². The van der Waals surface area contributed by atoms with Gasteiger partial charge in [0.2, 0.25) is 0 Å². The van der Waals surface area contributed by atoms with Gasteiger partial charge in [-0.25, -0.2) is 0 Å². The summed E-state index contributed by atoms with van der Waals surface area (Å²) in [6.07, 6.45) is 3.01. The Morgan fingerprint density at radius 1 is 1.36 bits per heavy atom. The Morgan fingerprint density at radius 3 is 2.07 bits per heavy atom. The molecule has 2 amide bonds. The molecule has 4 nitrogen and oxygen atoms in total. The maximum atomic E-state index is 11.3. The summed E-state index contributed by atoms with van der Waals surface area (Å²) >= 11 is 0. The number of hydrogen-bond acceptors (Lipinski definition) is 3. The molecule has 78 valence electrons. The van der Waals surface area contributed by atoms with E-state index in [0.29, 0.717) is 6.42 Å². The first-order chi connectivity index (χ1) is 6.38. The molecule has 0 saturated heterocycles. The van der Waals surface area contributed by atoms with Crippen molar-refractivity contribution in [1.82, 2.24) is 4.90 Å². The van der Waals surface area contributed by atoms with Gasteiger partial charge in [-0.05, 0) is 20.3 Å². The number of aliphatic hydroxyl groups is 1. The van der Waals surface area contributed by atoms with E-state index in [0.717, 1.165) is 4.90 Å². The molecule has 4 heteroatoms. The van der Waals surface area contributed by atoms with E-state index in [2.05, 4.69) is 0 Å². The van der Waals surface area contributed by atoms with Crippen molar-refractivity contribution in [3.05, 3.63) is 12.2 Å². The van der Waals surface area contributed by atoms with E-state index >= 15 is 0 Å². The van der Waals surface area contributed by atoms with Gasteiger partial charge in [0.25, 0.3) is 11.8 Å². The molecule has 0 aliphatic carbocycles. The molecule has 14 heavy (non-hydrogen) atoms. The third-order valence-corrected chi connectivity index (χ3v) is 2.36. The number of carbonyl (C=O) groups excluding carboxylic acids is 2. The highest BCUT2D eigenvalue weighted by Crippen LogP contribution is 2.22. The molecule has 0 aromatic heterocycles. The molecule has 0 bridgehead atoms. The van der Waals surface area contributed by atoms with Crippen LogP contribution in [0.5, 0.6) is 0 Å². The molecule has 0 aromatic rings. The Bertz CT molecular complexity index is 270. The monoisotopic (exact) mass is 197 g/mol. The minimum atomic E-state index is -1.06. The normalized spacial score (nSPS) is 19.3. The molecule has 1 aliphatic rings. The zero-order chi connectivity index (χ0) is 10.9. The molecule has 1 atom stereocenters. The predicted molar refractivity (Wildman–Crippen MR) is 51.4 cm³/mol. The molecule has 0 saturated carbocycles. The van der Waals surface area contributed by atoms with Crippen LogP contribution in [-0.2, 0) is 9.59 Å². The van der Waals surface area contributed by atoms with Crippen LogP contribution in [-0.4, -0.2) is 33.5 Å². The molecule has 0 aromatic carbocycles.